The Kier molecular flexibility index (Phi) is 4.91. The molecule has 0 aromatic heterocycles. The molecule has 0 bridgehead atoms. The summed E-state index contributed by atoms with van der Waals surface area (Å²) in [6.45, 7) is 1.92. The molecule has 0 amide bonds. The Morgan fingerprint density at radius 3 is 2.62 bits per heavy atom. The second kappa shape index (κ2) is 6.34. The van der Waals surface area contributed by atoms with Crippen molar-refractivity contribution in [3.05, 3.63) is 23.8 Å². The van der Waals surface area contributed by atoms with Gasteiger partial charge in [-0.05, 0) is 37.0 Å². The number of nitrogen functional groups attached to an aromatic ring is 1. The van der Waals surface area contributed by atoms with Crippen molar-refractivity contribution in [1.82, 2.24) is 4.31 Å². The number of nitrogens with zero attached hydrogens (tertiary/aromatic N) is 1. The average molecular weight is 312 g/mol. The van der Waals surface area contributed by atoms with E-state index in [0.29, 0.717) is 24.9 Å². The Hall–Kier alpha value is -1.11. The van der Waals surface area contributed by atoms with Crippen LogP contribution >= 0.6 is 0 Å². The fourth-order valence-electron chi connectivity index (χ4n) is 2.95. The summed E-state index contributed by atoms with van der Waals surface area (Å²) < 4.78 is 27.1. The van der Waals surface area contributed by atoms with E-state index in [2.05, 4.69) is 0 Å². The van der Waals surface area contributed by atoms with E-state index in [9.17, 15) is 13.5 Å². The first-order valence-corrected chi connectivity index (χ1v) is 8.86. The summed E-state index contributed by atoms with van der Waals surface area (Å²) in [5, 5.41) is 10.1. The number of sulfonamides is 1. The molecular weight excluding hydrogens is 288 g/mol. The number of nitrogens with two attached hydrogens (primary N) is 1. The first-order chi connectivity index (χ1) is 9.87. The monoisotopic (exact) mass is 312 g/mol. The average Bonchev–Trinajstić information content (AvgIpc) is 2.47. The van der Waals surface area contributed by atoms with Gasteiger partial charge in [-0.2, -0.15) is 4.31 Å². The fraction of sp³-hybridized carbons (Fsp3) is 0.600. The van der Waals surface area contributed by atoms with Gasteiger partial charge >= 0.3 is 0 Å². The number of likely N-dealkylation sites (N-methyl/N-ethyl adjacent to an activating group) is 1. The summed E-state index contributed by atoms with van der Waals surface area (Å²) in [6, 6.07) is 4.63. The highest BCUT2D eigenvalue weighted by atomic mass is 32.2. The molecule has 2 rings (SSSR count). The van der Waals surface area contributed by atoms with Crippen LogP contribution in [0.4, 0.5) is 5.69 Å². The Labute approximate surface area is 126 Å². The van der Waals surface area contributed by atoms with Gasteiger partial charge in [0, 0.05) is 12.7 Å². The van der Waals surface area contributed by atoms with Gasteiger partial charge in [0.25, 0.3) is 0 Å². The number of hydrogen-bond acceptors (Lipinski definition) is 4. The van der Waals surface area contributed by atoms with E-state index in [1.165, 1.54) is 10.4 Å². The van der Waals surface area contributed by atoms with E-state index >= 15 is 0 Å². The third-order valence-electron chi connectivity index (χ3n) is 4.29. The highest BCUT2D eigenvalue weighted by Gasteiger charge is 2.35. The van der Waals surface area contributed by atoms with Crippen molar-refractivity contribution in [2.24, 2.45) is 0 Å². The standard InChI is InChI=1S/C15H24N2O3S/c1-3-11-8-9-12(16)10-15(11)21(19,20)17(2)13-6-4-5-7-14(13)18/h8-10,13-14,18H,3-7,16H2,1-2H3. The van der Waals surface area contributed by atoms with Crippen LogP contribution in [0, 0.1) is 0 Å². The molecule has 0 spiro atoms. The zero-order valence-corrected chi connectivity index (χ0v) is 13.4. The Balaban J connectivity index is 2.39. The van der Waals surface area contributed by atoms with E-state index in [0.717, 1.165) is 18.4 Å². The molecule has 0 saturated heterocycles. The number of rotatable bonds is 4. The molecule has 2 atom stereocenters. The number of anilines is 1. The lowest BCUT2D eigenvalue weighted by Crippen LogP contribution is -2.46. The third-order valence-corrected chi connectivity index (χ3v) is 6.26. The smallest absolute Gasteiger partial charge is 0.243 e. The van der Waals surface area contributed by atoms with Crippen LogP contribution in [0.1, 0.15) is 38.2 Å². The highest BCUT2D eigenvalue weighted by molar-refractivity contribution is 7.89. The number of benzene rings is 1. The number of aliphatic hydroxyl groups excluding tert-OH is 1. The number of aryl methyl sites for hydroxylation is 1. The minimum absolute atomic E-state index is 0.255. The largest absolute Gasteiger partial charge is 0.399 e. The molecular formula is C15H24N2O3S. The maximum absolute atomic E-state index is 12.9. The van der Waals surface area contributed by atoms with Gasteiger partial charge in [0.1, 0.15) is 0 Å². The summed E-state index contributed by atoms with van der Waals surface area (Å²) >= 11 is 0. The van der Waals surface area contributed by atoms with Crippen LogP contribution in [-0.4, -0.2) is 37.0 Å². The second-order valence-corrected chi connectivity index (χ2v) is 7.63. The summed E-state index contributed by atoms with van der Waals surface area (Å²) in [5.41, 5.74) is 6.94. The van der Waals surface area contributed by atoms with E-state index in [1.807, 2.05) is 6.92 Å². The lowest BCUT2D eigenvalue weighted by molar-refractivity contribution is 0.0638. The van der Waals surface area contributed by atoms with Gasteiger partial charge in [-0.25, -0.2) is 8.42 Å². The second-order valence-electron chi connectivity index (χ2n) is 5.66. The van der Waals surface area contributed by atoms with Crippen LogP contribution in [0.5, 0.6) is 0 Å². The van der Waals surface area contributed by atoms with Crippen molar-refractivity contribution in [1.29, 1.82) is 0 Å². The van der Waals surface area contributed by atoms with Crippen LogP contribution in [0.25, 0.3) is 0 Å². The van der Waals surface area contributed by atoms with Crippen LogP contribution in [-0.2, 0) is 16.4 Å². The SMILES string of the molecule is CCc1ccc(N)cc1S(=O)(=O)N(C)C1CCCCC1O. The Morgan fingerprint density at radius 2 is 2.00 bits per heavy atom. The van der Waals surface area contributed by atoms with Crippen LogP contribution in [0.2, 0.25) is 0 Å². The molecule has 0 aliphatic heterocycles. The lowest BCUT2D eigenvalue weighted by Gasteiger charge is -2.34. The molecule has 0 heterocycles. The van der Waals surface area contributed by atoms with Crippen molar-refractivity contribution in [2.75, 3.05) is 12.8 Å². The first-order valence-electron chi connectivity index (χ1n) is 7.42. The Bertz CT molecular complexity index is 601. The molecule has 3 N–H and O–H groups in total. The summed E-state index contributed by atoms with van der Waals surface area (Å²) in [5.74, 6) is 0. The minimum Gasteiger partial charge on any atom is -0.399 e. The summed E-state index contributed by atoms with van der Waals surface area (Å²) in [7, 11) is -2.09. The van der Waals surface area contributed by atoms with Gasteiger partial charge in [0.05, 0.1) is 17.0 Å². The quantitative estimate of drug-likeness (QED) is 0.830. The van der Waals surface area contributed by atoms with Crippen LogP contribution in [0.15, 0.2) is 23.1 Å². The normalized spacial score (nSPS) is 23.4. The highest BCUT2D eigenvalue weighted by Crippen LogP contribution is 2.29. The van der Waals surface area contributed by atoms with Gasteiger partial charge in [-0.1, -0.05) is 25.8 Å². The van der Waals surface area contributed by atoms with Crippen molar-refractivity contribution in [3.63, 3.8) is 0 Å². The molecule has 1 aromatic rings. The predicted octanol–water partition coefficient (Wildman–Crippen LogP) is 1.76. The van der Waals surface area contributed by atoms with Gasteiger partial charge < -0.3 is 10.8 Å². The fourth-order valence-corrected chi connectivity index (χ4v) is 4.69. The van der Waals surface area contributed by atoms with Gasteiger partial charge in [-0.15, -0.1) is 0 Å². The van der Waals surface area contributed by atoms with Gasteiger partial charge in [0.2, 0.25) is 10.0 Å². The van der Waals surface area contributed by atoms with E-state index in [-0.39, 0.29) is 10.9 Å². The Morgan fingerprint density at radius 1 is 1.33 bits per heavy atom. The van der Waals surface area contributed by atoms with Crippen molar-refractivity contribution in [3.8, 4) is 0 Å². The number of hydrogen-bond donors (Lipinski definition) is 2. The van der Waals surface area contributed by atoms with Gasteiger partial charge in [0.15, 0.2) is 0 Å². The molecule has 118 valence electrons. The van der Waals surface area contributed by atoms with Gasteiger partial charge in [-0.3, -0.25) is 0 Å². The lowest BCUT2D eigenvalue weighted by atomic mass is 9.93. The summed E-state index contributed by atoms with van der Waals surface area (Å²) in [6.07, 6.45) is 3.27. The molecule has 1 aliphatic carbocycles. The predicted molar refractivity (Wildman–Crippen MR) is 83.4 cm³/mol. The molecule has 0 radical (unpaired) electrons. The molecule has 21 heavy (non-hydrogen) atoms. The van der Waals surface area contributed by atoms with E-state index < -0.39 is 16.1 Å². The van der Waals surface area contributed by atoms with Crippen molar-refractivity contribution < 1.29 is 13.5 Å². The zero-order chi connectivity index (χ0) is 15.6. The molecule has 2 unspecified atom stereocenters. The van der Waals surface area contributed by atoms with Crippen molar-refractivity contribution in [2.45, 2.75) is 56.1 Å². The van der Waals surface area contributed by atoms with Crippen LogP contribution < -0.4 is 5.73 Å². The van der Waals surface area contributed by atoms with E-state index in [1.54, 1.807) is 19.2 Å². The molecule has 1 saturated carbocycles. The number of aliphatic hydroxyl groups is 1. The molecule has 1 aliphatic rings. The molecule has 5 nitrogen and oxygen atoms in total. The maximum Gasteiger partial charge on any atom is 0.243 e. The zero-order valence-electron chi connectivity index (χ0n) is 12.6. The summed E-state index contributed by atoms with van der Waals surface area (Å²) in [4.78, 5) is 0.255. The van der Waals surface area contributed by atoms with Crippen LogP contribution in [0.3, 0.4) is 0 Å². The topological polar surface area (TPSA) is 83.6 Å². The third kappa shape index (κ3) is 3.22. The first kappa shape index (κ1) is 16.3. The molecule has 6 heteroatoms. The van der Waals surface area contributed by atoms with E-state index in [4.69, 9.17) is 5.73 Å². The minimum atomic E-state index is -3.64. The molecule has 1 aromatic carbocycles. The molecule has 1 fully saturated rings. The maximum atomic E-state index is 12.9. The van der Waals surface area contributed by atoms with Crippen molar-refractivity contribution >= 4 is 15.7 Å².